The Kier molecular flexibility index (Phi) is 4.50. The number of thiophene rings is 1. The molecule has 2 heterocycles. The molecule has 0 saturated heterocycles. The summed E-state index contributed by atoms with van der Waals surface area (Å²) in [5.74, 6) is -0.481. The van der Waals surface area contributed by atoms with E-state index in [4.69, 9.17) is 4.52 Å². The van der Waals surface area contributed by atoms with Crippen LogP contribution in [-0.4, -0.2) is 11.1 Å². The van der Waals surface area contributed by atoms with Crippen molar-refractivity contribution in [2.45, 2.75) is 12.5 Å². The van der Waals surface area contributed by atoms with Crippen molar-refractivity contribution in [1.29, 1.82) is 0 Å². The quantitative estimate of drug-likeness (QED) is 0.567. The number of hydrogen-bond acceptors (Lipinski definition) is 4. The molecule has 1 N–H and O–H groups in total. The Morgan fingerprint density at radius 2 is 1.92 bits per heavy atom. The zero-order valence-electron chi connectivity index (χ0n) is 13.7. The van der Waals surface area contributed by atoms with E-state index in [2.05, 4.69) is 10.5 Å². The Hall–Kier alpha value is -2.99. The number of halogens is 1. The number of nitrogens with one attached hydrogen (secondary N) is 1. The van der Waals surface area contributed by atoms with Crippen LogP contribution in [0.25, 0.3) is 11.0 Å². The number of carbonyl (C=O) groups is 1. The molecule has 0 aliphatic rings. The molecule has 0 spiro atoms. The van der Waals surface area contributed by atoms with Crippen LogP contribution in [0.1, 0.15) is 22.2 Å². The minimum Gasteiger partial charge on any atom is -0.356 e. The van der Waals surface area contributed by atoms with Gasteiger partial charge in [0.1, 0.15) is 11.5 Å². The van der Waals surface area contributed by atoms with Crippen molar-refractivity contribution in [3.8, 4) is 0 Å². The summed E-state index contributed by atoms with van der Waals surface area (Å²) in [5.41, 5.74) is 2.08. The lowest BCUT2D eigenvalue weighted by atomic mass is 10.0. The van der Waals surface area contributed by atoms with E-state index in [1.54, 1.807) is 12.1 Å². The maximum absolute atomic E-state index is 13.3. The van der Waals surface area contributed by atoms with E-state index < -0.39 is 0 Å². The Morgan fingerprint density at radius 3 is 2.69 bits per heavy atom. The SMILES string of the molecule is O=C(Cc1noc2ccccc12)N[C@@H](c1ccc(F)cc1)c1cccs1. The molecule has 2 aromatic heterocycles. The molecule has 6 heteroatoms. The summed E-state index contributed by atoms with van der Waals surface area (Å²) in [6, 6.07) is 17.1. The van der Waals surface area contributed by atoms with Gasteiger partial charge in [-0.15, -0.1) is 11.3 Å². The number of amides is 1. The fraction of sp³-hybridized carbons (Fsp3) is 0.100. The van der Waals surface area contributed by atoms with Crippen molar-refractivity contribution in [2.24, 2.45) is 0 Å². The molecule has 4 aromatic rings. The smallest absolute Gasteiger partial charge is 0.226 e. The Balaban J connectivity index is 1.57. The highest BCUT2D eigenvalue weighted by Crippen LogP contribution is 2.26. The third-order valence-corrected chi connectivity index (χ3v) is 5.05. The monoisotopic (exact) mass is 366 g/mol. The third-order valence-electron chi connectivity index (χ3n) is 4.12. The van der Waals surface area contributed by atoms with E-state index in [0.717, 1.165) is 15.8 Å². The molecule has 0 bridgehead atoms. The second-order valence-electron chi connectivity index (χ2n) is 5.87. The van der Waals surface area contributed by atoms with Gasteiger partial charge in [0.2, 0.25) is 5.91 Å². The van der Waals surface area contributed by atoms with Crippen molar-refractivity contribution < 1.29 is 13.7 Å². The lowest BCUT2D eigenvalue weighted by Crippen LogP contribution is -2.30. The summed E-state index contributed by atoms with van der Waals surface area (Å²) in [5, 5.41) is 9.81. The van der Waals surface area contributed by atoms with Gasteiger partial charge in [0.15, 0.2) is 5.58 Å². The lowest BCUT2D eigenvalue weighted by molar-refractivity contribution is -0.121. The second kappa shape index (κ2) is 7.09. The average Bonchev–Trinajstić information content (AvgIpc) is 3.31. The van der Waals surface area contributed by atoms with Gasteiger partial charge in [0.05, 0.1) is 12.5 Å². The van der Waals surface area contributed by atoms with E-state index in [1.807, 2.05) is 41.8 Å². The van der Waals surface area contributed by atoms with Crippen LogP contribution in [0.4, 0.5) is 4.39 Å². The Labute approximate surface area is 153 Å². The van der Waals surface area contributed by atoms with E-state index >= 15 is 0 Å². The highest BCUT2D eigenvalue weighted by Gasteiger charge is 2.20. The van der Waals surface area contributed by atoms with Gasteiger partial charge >= 0.3 is 0 Å². The molecule has 26 heavy (non-hydrogen) atoms. The van der Waals surface area contributed by atoms with Crippen molar-refractivity contribution >= 4 is 28.2 Å². The Morgan fingerprint density at radius 1 is 1.12 bits per heavy atom. The van der Waals surface area contributed by atoms with Gasteiger partial charge in [-0.3, -0.25) is 4.79 Å². The molecule has 130 valence electrons. The molecule has 0 aliphatic carbocycles. The zero-order chi connectivity index (χ0) is 17.9. The van der Waals surface area contributed by atoms with Crippen molar-refractivity contribution in [3.05, 3.63) is 88.0 Å². The number of benzene rings is 2. The lowest BCUT2D eigenvalue weighted by Gasteiger charge is -2.18. The van der Waals surface area contributed by atoms with Crippen LogP contribution in [0.3, 0.4) is 0 Å². The fourth-order valence-electron chi connectivity index (χ4n) is 2.86. The van der Waals surface area contributed by atoms with Crippen molar-refractivity contribution in [1.82, 2.24) is 10.5 Å². The number of para-hydroxylation sites is 1. The first kappa shape index (κ1) is 16.5. The molecule has 0 unspecified atom stereocenters. The first-order chi connectivity index (χ1) is 12.7. The summed E-state index contributed by atoms with van der Waals surface area (Å²) in [6.07, 6.45) is 0.111. The molecule has 0 fully saturated rings. The molecular weight excluding hydrogens is 351 g/mol. The molecule has 0 saturated carbocycles. The topological polar surface area (TPSA) is 55.1 Å². The normalized spacial score (nSPS) is 12.2. The standard InChI is InChI=1S/C20H15FN2O2S/c21-14-9-7-13(8-10-14)20(18-6-3-11-26-18)22-19(24)12-16-15-4-1-2-5-17(15)25-23-16/h1-11,20H,12H2,(H,22,24)/t20-/m0/s1. The van der Waals surface area contributed by atoms with Gasteiger partial charge in [-0.25, -0.2) is 4.39 Å². The number of fused-ring (bicyclic) bond motifs is 1. The van der Waals surface area contributed by atoms with E-state index in [0.29, 0.717) is 11.3 Å². The maximum Gasteiger partial charge on any atom is 0.226 e. The largest absolute Gasteiger partial charge is 0.356 e. The molecule has 1 atom stereocenters. The van der Waals surface area contributed by atoms with Gasteiger partial charge < -0.3 is 9.84 Å². The molecule has 0 radical (unpaired) electrons. The van der Waals surface area contributed by atoms with E-state index in [-0.39, 0.29) is 24.2 Å². The van der Waals surface area contributed by atoms with Crippen molar-refractivity contribution in [2.75, 3.05) is 0 Å². The highest BCUT2D eigenvalue weighted by molar-refractivity contribution is 7.10. The summed E-state index contributed by atoms with van der Waals surface area (Å²) >= 11 is 1.54. The van der Waals surface area contributed by atoms with Crippen LogP contribution < -0.4 is 5.32 Å². The molecule has 4 rings (SSSR count). The fourth-order valence-corrected chi connectivity index (χ4v) is 3.66. The number of carbonyl (C=O) groups excluding carboxylic acids is 1. The first-order valence-corrected chi connectivity index (χ1v) is 9.00. The molecule has 2 aromatic carbocycles. The molecule has 4 nitrogen and oxygen atoms in total. The molecular formula is C20H15FN2O2S. The Bertz CT molecular complexity index is 1030. The van der Waals surface area contributed by atoms with Crippen LogP contribution in [0.5, 0.6) is 0 Å². The van der Waals surface area contributed by atoms with Gasteiger partial charge in [-0.1, -0.05) is 35.5 Å². The highest BCUT2D eigenvalue weighted by atomic mass is 32.1. The summed E-state index contributed by atoms with van der Waals surface area (Å²) < 4.78 is 18.5. The first-order valence-electron chi connectivity index (χ1n) is 8.12. The predicted octanol–water partition coefficient (Wildman–Crippen LogP) is 4.48. The predicted molar refractivity (Wildman–Crippen MR) is 98.4 cm³/mol. The molecule has 0 aliphatic heterocycles. The second-order valence-corrected chi connectivity index (χ2v) is 6.85. The van der Waals surface area contributed by atoms with E-state index in [9.17, 15) is 9.18 Å². The van der Waals surface area contributed by atoms with E-state index in [1.165, 1.54) is 23.5 Å². The summed E-state index contributed by atoms with van der Waals surface area (Å²) in [4.78, 5) is 13.6. The number of nitrogens with zero attached hydrogens (tertiary/aromatic N) is 1. The zero-order valence-corrected chi connectivity index (χ0v) is 14.5. The van der Waals surface area contributed by atoms with Crippen LogP contribution in [0.15, 0.2) is 70.6 Å². The summed E-state index contributed by atoms with van der Waals surface area (Å²) in [7, 11) is 0. The van der Waals surface area contributed by atoms with Crippen molar-refractivity contribution in [3.63, 3.8) is 0 Å². The van der Waals surface area contributed by atoms with Gasteiger partial charge in [-0.2, -0.15) is 0 Å². The minimum atomic E-state index is -0.332. The number of aromatic nitrogens is 1. The maximum atomic E-state index is 13.3. The van der Waals surface area contributed by atoms with Crippen LogP contribution in [-0.2, 0) is 11.2 Å². The number of hydrogen-bond donors (Lipinski definition) is 1. The molecule has 1 amide bonds. The van der Waals surface area contributed by atoms with Gasteiger partial charge in [0.25, 0.3) is 0 Å². The van der Waals surface area contributed by atoms with Gasteiger partial charge in [-0.05, 0) is 41.3 Å². The third kappa shape index (κ3) is 3.36. The number of rotatable bonds is 5. The van der Waals surface area contributed by atoms with Gasteiger partial charge in [0, 0.05) is 10.3 Å². The van der Waals surface area contributed by atoms with Crippen LogP contribution >= 0.6 is 11.3 Å². The minimum absolute atomic E-state index is 0.111. The van der Waals surface area contributed by atoms with Crippen LogP contribution in [0.2, 0.25) is 0 Å². The summed E-state index contributed by atoms with van der Waals surface area (Å²) in [6.45, 7) is 0. The van der Waals surface area contributed by atoms with Crippen LogP contribution in [0, 0.1) is 5.82 Å². The average molecular weight is 366 g/mol.